The number of ether oxygens (including phenoxy) is 1. The molecular weight excluding hydrogens is 246 g/mol. The minimum Gasteiger partial charge on any atom is -0.375 e. The first-order valence-corrected chi connectivity index (χ1v) is 6.81. The van der Waals surface area contributed by atoms with Gasteiger partial charge >= 0.3 is 0 Å². The van der Waals surface area contributed by atoms with Gasteiger partial charge in [-0.1, -0.05) is 30.3 Å². The number of nitrogens with zero attached hydrogens (tertiary/aromatic N) is 1. The molecule has 2 unspecified atom stereocenters. The molecule has 2 rings (SSSR count). The Morgan fingerprint density at radius 2 is 2.22 bits per heavy atom. The first kappa shape index (κ1) is 13.4. The molecule has 1 amide bonds. The number of thiol groups is 1. The highest BCUT2D eigenvalue weighted by Crippen LogP contribution is 2.13. The first-order valence-electron chi connectivity index (χ1n) is 6.29. The van der Waals surface area contributed by atoms with Crippen molar-refractivity contribution >= 4 is 18.5 Å². The summed E-state index contributed by atoms with van der Waals surface area (Å²) in [5.41, 5.74) is 1.15. The average Bonchev–Trinajstić information content (AvgIpc) is 2.39. The number of benzene rings is 1. The lowest BCUT2D eigenvalue weighted by atomic mass is 10.1. The molecule has 0 aliphatic carbocycles. The normalized spacial score (nSPS) is 21.7. The lowest BCUT2D eigenvalue weighted by molar-refractivity contribution is -0.137. The fraction of sp³-hybridized carbons (Fsp3) is 0.500. The van der Waals surface area contributed by atoms with Crippen molar-refractivity contribution in [1.82, 2.24) is 4.90 Å². The molecule has 1 aliphatic heterocycles. The SMILES string of the molecule is CC1CN(C(=O)C(S)Cc2ccccc2)CCO1. The highest BCUT2D eigenvalue weighted by molar-refractivity contribution is 7.81. The van der Waals surface area contributed by atoms with Crippen molar-refractivity contribution in [3.63, 3.8) is 0 Å². The number of carbonyl (C=O) groups is 1. The van der Waals surface area contributed by atoms with Crippen LogP contribution in [0.4, 0.5) is 0 Å². The summed E-state index contributed by atoms with van der Waals surface area (Å²) in [4.78, 5) is 14.1. The van der Waals surface area contributed by atoms with Crippen molar-refractivity contribution in [2.45, 2.75) is 24.7 Å². The van der Waals surface area contributed by atoms with Crippen LogP contribution in [0.25, 0.3) is 0 Å². The molecule has 18 heavy (non-hydrogen) atoms. The highest BCUT2D eigenvalue weighted by Gasteiger charge is 2.25. The first-order chi connectivity index (χ1) is 8.66. The van der Waals surface area contributed by atoms with E-state index in [2.05, 4.69) is 12.6 Å². The molecule has 1 aliphatic rings. The minimum absolute atomic E-state index is 0.109. The number of carbonyl (C=O) groups excluding carboxylic acids is 1. The van der Waals surface area contributed by atoms with E-state index >= 15 is 0 Å². The predicted octanol–water partition coefficient (Wildman–Crippen LogP) is 1.77. The number of morpholine rings is 1. The monoisotopic (exact) mass is 265 g/mol. The number of hydrogen-bond donors (Lipinski definition) is 1. The summed E-state index contributed by atoms with van der Waals surface area (Å²) >= 11 is 4.44. The highest BCUT2D eigenvalue weighted by atomic mass is 32.1. The Bertz CT molecular complexity index is 396. The van der Waals surface area contributed by atoms with Gasteiger partial charge in [0.1, 0.15) is 0 Å². The van der Waals surface area contributed by atoms with E-state index in [1.54, 1.807) is 0 Å². The molecule has 0 spiro atoms. The second kappa shape index (κ2) is 6.25. The van der Waals surface area contributed by atoms with Gasteiger partial charge < -0.3 is 9.64 Å². The molecule has 98 valence electrons. The van der Waals surface area contributed by atoms with Crippen molar-refractivity contribution in [3.05, 3.63) is 35.9 Å². The summed E-state index contributed by atoms with van der Waals surface area (Å²) in [7, 11) is 0. The Kier molecular flexibility index (Phi) is 4.66. The molecule has 3 nitrogen and oxygen atoms in total. The number of amides is 1. The standard InChI is InChI=1S/C14H19NO2S/c1-11-10-15(7-8-17-11)14(16)13(18)9-12-5-3-2-4-6-12/h2-6,11,13,18H,7-10H2,1H3. The van der Waals surface area contributed by atoms with Crippen LogP contribution in [-0.2, 0) is 16.0 Å². The molecule has 1 aromatic rings. The smallest absolute Gasteiger partial charge is 0.235 e. The van der Waals surface area contributed by atoms with Crippen molar-refractivity contribution in [3.8, 4) is 0 Å². The van der Waals surface area contributed by atoms with Gasteiger partial charge in [0.2, 0.25) is 5.91 Å². The van der Waals surface area contributed by atoms with Crippen LogP contribution in [-0.4, -0.2) is 41.9 Å². The van der Waals surface area contributed by atoms with Gasteiger partial charge in [-0.05, 0) is 18.9 Å². The molecule has 0 aromatic heterocycles. The molecular formula is C14H19NO2S. The zero-order chi connectivity index (χ0) is 13.0. The fourth-order valence-electron chi connectivity index (χ4n) is 2.15. The Hall–Kier alpha value is -1.00. The third-order valence-electron chi connectivity index (χ3n) is 3.11. The van der Waals surface area contributed by atoms with Crippen molar-refractivity contribution in [2.24, 2.45) is 0 Å². The van der Waals surface area contributed by atoms with E-state index in [1.807, 2.05) is 42.2 Å². The second-order valence-electron chi connectivity index (χ2n) is 4.67. The molecule has 4 heteroatoms. The van der Waals surface area contributed by atoms with Crippen LogP contribution in [0.5, 0.6) is 0 Å². The number of rotatable bonds is 3. The molecule has 0 saturated carbocycles. The molecule has 0 radical (unpaired) electrons. The van der Waals surface area contributed by atoms with Crippen LogP contribution < -0.4 is 0 Å². The van der Waals surface area contributed by atoms with Crippen molar-refractivity contribution in [2.75, 3.05) is 19.7 Å². The summed E-state index contributed by atoms with van der Waals surface area (Å²) in [5, 5.41) is -0.266. The van der Waals surface area contributed by atoms with Crippen molar-refractivity contribution < 1.29 is 9.53 Å². The Morgan fingerprint density at radius 3 is 2.89 bits per heavy atom. The van der Waals surface area contributed by atoms with Crippen LogP contribution in [0.3, 0.4) is 0 Å². The van der Waals surface area contributed by atoms with Crippen LogP contribution in [0.15, 0.2) is 30.3 Å². The minimum atomic E-state index is -0.266. The molecule has 2 atom stereocenters. The molecule has 0 bridgehead atoms. The van der Waals surface area contributed by atoms with E-state index in [4.69, 9.17) is 4.74 Å². The van der Waals surface area contributed by atoms with Gasteiger partial charge in [0.15, 0.2) is 0 Å². The van der Waals surface area contributed by atoms with Crippen LogP contribution in [0, 0.1) is 0 Å². The summed E-state index contributed by atoms with van der Waals surface area (Å²) in [6, 6.07) is 9.99. The Labute approximate surface area is 114 Å². The summed E-state index contributed by atoms with van der Waals surface area (Å²) in [6.45, 7) is 3.96. The van der Waals surface area contributed by atoms with E-state index < -0.39 is 0 Å². The second-order valence-corrected chi connectivity index (χ2v) is 5.29. The number of hydrogen-bond acceptors (Lipinski definition) is 3. The Balaban J connectivity index is 1.92. The van der Waals surface area contributed by atoms with E-state index in [0.717, 1.165) is 5.56 Å². The molecule has 1 fully saturated rings. The zero-order valence-corrected chi connectivity index (χ0v) is 11.5. The third-order valence-corrected chi connectivity index (χ3v) is 3.51. The van der Waals surface area contributed by atoms with Gasteiger partial charge in [0, 0.05) is 13.1 Å². The van der Waals surface area contributed by atoms with Gasteiger partial charge in [0.05, 0.1) is 18.0 Å². The third kappa shape index (κ3) is 3.50. The largest absolute Gasteiger partial charge is 0.375 e. The van der Waals surface area contributed by atoms with E-state index in [-0.39, 0.29) is 17.3 Å². The van der Waals surface area contributed by atoms with Gasteiger partial charge in [-0.3, -0.25) is 4.79 Å². The van der Waals surface area contributed by atoms with Crippen LogP contribution in [0.1, 0.15) is 12.5 Å². The fourth-order valence-corrected chi connectivity index (χ4v) is 2.53. The Morgan fingerprint density at radius 1 is 1.50 bits per heavy atom. The van der Waals surface area contributed by atoms with Crippen molar-refractivity contribution in [1.29, 1.82) is 0 Å². The predicted molar refractivity (Wildman–Crippen MR) is 74.9 cm³/mol. The lowest BCUT2D eigenvalue weighted by Gasteiger charge is -2.32. The molecule has 1 saturated heterocycles. The molecule has 1 heterocycles. The van der Waals surface area contributed by atoms with E-state index in [9.17, 15) is 4.79 Å². The lowest BCUT2D eigenvalue weighted by Crippen LogP contribution is -2.47. The molecule has 0 N–H and O–H groups in total. The van der Waals surface area contributed by atoms with Gasteiger partial charge in [0.25, 0.3) is 0 Å². The maximum atomic E-state index is 12.2. The van der Waals surface area contributed by atoms with E-state index in [1.165, 1.54) is 0 Å². The topological polar surface area (TPSA) is 29.5 Å². The van der Waals surface area contributed by atoms with Gasteiger partial charge in [-0.2, -0.15) is 12.6 Å². The average molecular weight is 265 g/mol. The maximum Gasteiger partial charge on any atom is 0.235 e. The van der Waals surface area contributed by atoms with Gasteiger partial charge in [-0.25, -0.2) is 0 Å². The summed E-state index contributed by atoms with van der Waals surface area (Å²) < 4.78 is 5.44. The zero-order valence-electron chi connectivity index (χ0n) is 10.6. The summed E-state index contributed by atoms with van der Waals surface area (Å²) in [6.07, 6.45) is 0.800. The van der Waals surface area contributed by atoms with Crippen LogP contribution >= 0.6 is 12.6 Å². The van der Waals surface area contributed by atoms with E-state index in [0.29, 0.717) is 26.1 Å². The quantitative estimate of drug-likeness (QED) is 0.844. The van der Waals surface area contributed by atoms with Gasteiger partial charge in [-0.15, -0.1) is 0 Å². The molecule has 1 aromatic carbocycles. The summed E-state index contributed by atoms with van der Waals surface area (Å²) in [5.74, 6) is 0.109. The maximum absolute atomic E-state index is 12.2. The van der Waals surface area contributed by atoms with Crippen LogP contribution in [0.2, 0.25) is 0 Å².